The number of benzene rings is 2. The molecule has 2 N–H and O–H groups in total. The van der Waals surface area contributed by atoms with E-state index in [0.29, 0.717) is 12.6 Å². The van der Waals surface area contributed by atoms with E-state index in [2.05, 4.69) is 62.5 Å². The molecule has 2 heterocycles. The molecule has 0 amide bonds. The minimum atomic E-state index is -0.905. The van der Waals surface area contributed by atoms with Crippen molar-refractivity contribution in [3.63, 3.8) is 0 Å². The molecular weight excluding hydrogens is 462 g/mol. The van der Waals surface area contributed by atoms with Crippen molar-refractivity contribution in [3.05, 3.63) is 59.2 Å². The summed E-state index contributed by atoms with van der Waals surface area (Å²) in [4.78, 5) is 0. The fourth-order valence-corrected chi connectivity index (χ4v) is 9.36. The average molecular weight is 504 g/mol. The molecule has 2 aromatic carbocycles. The van der Waals surface area contributed by atoms with E-state index in [1.54, 1.807) is 0 Å². The summed E-state index contributed by atoms with van der Waals surface area (Å²) in [5, 5.41) is 16.1. The first-order valence-corrected chi connectivity index (χ1v) is 14.1. The lowest BCUT2D eigenvalue weighted by Crippen LogP contribution is -2.83. The van der Waals surface area contributed by atoms with Gasteiger partial charge in [0.15, 0.2) is 11.5 Å². The van der Waals surface area contributed by atoms with Crippen molar-refractivity contribution in [1.82, 2.24) is 5.32 Å². The number of hydrogen-bond donors (Lipinski definition) is 2. The van der Waals surface area contributed by atoms with E-state index in [4.69, 9.17) is 14.2 Å². The molecule has 6 aliphatic rings. The van der Waals surface area contributed by atoms with Gasteiger partial charge in [-0.1, -0.05) is 57.2 Å². The van der Waals surface area contributed by atoms with Gasteiger partial charge in [0.1, 0.15) is 18.3 Å². The number of methoxy groups -OCH3 is 1. The predicted molar refractivity (Wildman–Crippen MR) is 143 cm³/mol. The van der Waals surface area contributed by atoms with Crippen molar-refractivity contribution in [2.75, 3.05) is 13.7 Å². The molecule has 2 spiro atoms. The third kappa shape index (κ3) is 2.76. The average Bonchev–Trinajstić information content (AvgIpc) is 3.24. The molecule has 4 aliphatic carbocycles. The maximum Gasteiger partial charge on any atom is 0.166 e. The Bertz CT molecular complexity index is 1240. The van der Waals surface area contributed by atoms with Gasteiger partial charge < -0.3 is 24.6 Å². The van der Waals surface area contributed by atoms with Gasteiger partial charge in [0.25, 0.3) is 0 Å². The van der Waals surface area contributed by atoms with Gasteiger partial charge >= 0.3 is 0 Å². The van der Waals surface area contributed by atoms with Crippen molar-refractivity contribution in [2.45, 2.75) is 95.2 Å². The van der Waals surface area contributed by atoms with Crippen molar-refractivity contribution in [2.24, 2.45) is 16.7 Å². The Morgan fingerprint density at radius 1 is 1.05 bits per heavy atom. The number of piperidine rings is 1. The molecule has 4 bridgehead atoms. The van der Waals surface area contributed by atoms with Crippen LogP contribution in [0.4, 0.5) is 0 Å². The van der Waals surface area contributed by atoms with Gasteiger partial charge in [0.2, 0.25) is 0 Å². The number of nitrogens with one attached hydrogen (secondary N) is 1. The number of ether oxygens (including phenoxy) is 3. The van der Waals surface area contributed by atoms with Crippen LogP contribution in [-0.2, 0) is 23.2 Å². The van der Waals surface area contributed by atoms with Crippen LogP contribution in [0.5, 0.6) is 11.5 Å². The molecule has 5 heteroatoms. The summed E-state index contributed by atoms with van der Waals surface area (Å²) >= 11 is 0. The first-order valence-electron chi connectivity index (χ1n) is 14.1. The Balaban J connectivity index is 1.40. The van der Waals surface area contributed by atoms with E-state index in [1.807, 2.05) is 20.1 Å². The highest BCUT2D eigenvalue weighted by atomic mass is 16.6. The van der Waals surface area contributed by atoms with Gasteiger partial charge in [-0.25, -0.2) is 0 Å². The van der Waals surface area contributed by atoms with Crippen LogP contribution in [0.2, 0.25) is 0 Å². The van der Waals surface area contributed by atoms with Gasteiger partial charge in [-0.3, -0.25) is 0 Å². The van der Waals surface area contributed by atoms with E-state index >= 15 is 0 Å². The zero-order chi connectivity index (χ0) is 25.8. The number of hydrogen-bond acceptors (Lipinski definition) is 5. The van der Waals surface area contributed by atoms with Crippen LogP contribution in [0.15, 0.2) is 42.5 Å². The molecule has 2 aliphatic heterocycles. The molecule has 2 aromatic rings. The third-order valence-electron chi connectivity index (χ3n) is 11.6. The summed E-state index contributed by atoms with van der Waals surface area (Å²) in [6.45, 7) is 10.0. The second-order valence-electron chi connectivity index (χ2n) is 13.6. The second kappa shape index (κ2) is 7.52. The Morgan fingerprint density at radius 3 is 2.57 bits per heavy atom. The molecule has 0 unspecified atom stereocenters. The van der Waals surface area contributed by atoms with Crippen molar-refractivity contribution < 1.29 is 19.3 Å². The van der Waals surface area contributed by atoms with E-state index in [1.165, 1.54) is 11.1 Å². The lowest BCUT2D eigenvalue weighted by atomic mass is 9.33. The maximum atomic E-state index is 12.2. The smallest absolute Gasteiger partial charge is 0.166 e. The highest BCUT2D eigenvalue weighted by Crippen LogP contribution is 2.77. The predicted octanol–water partition coefficient (Wildman–Crippen LogP) is 5.16. The van der Waals surface area contributed by atoms with Crippen LogP contribution in [0.3, 0.4) is 0 Å². The van der Waals surface area contributed by atoms with Crippen LogP contribution >= 0.6 is 0 Å². The van der Waals surface area contributed by atoms with Gasteiger partial charge in [-0.05, 0) is 68.2 Å². The van der Waals surface area contributed by atoms with Crippen LogP contribution in [0.1, 0.15) is 70.1 Å². The molecule has 8 rings (SSSR count). The second-order valence-corrected chi connectivity index (χ2v) is 13.6. The number of rotatable bonds is 5. The summed E-state index contributed by atoms with van der Waals surface area (Å²) in [5.41, 5.74) is 2.10. The monoisotopic (exact) mass is 503 g/mol. The first kappa shape index (κ1) is 24.0. The normalized spacial score (nSPS) is 38.5. The zero-order valence-corrected chi connectivity index (χ0v) is 22.9. The Morgan fingerprint density at radius 2 is 1.84 bits per heavy atom. The van der Waals surface area contributed by atoms with Crippen molar-refractivity contribution >= 4 is 0 Å². The topological polar surface area (TPSA) is 60.0 Å². The molecule has 1 saturated heterocycles. The fraction of sp³-hybridized carbons (Fsp3) is 0.625. The van der Waals surface area contributed by atoms with Crippen LogP contribution in [-0.4, -0.2) is 42.1 Å². The molecular formula is C32H41NO4. The maximum absolute atomic E-state index is 12.2. The Labute approximate surface area is 220 Å². The third-order valence-corrected chi connectivity index (χ3v) is 11.6. The molecule has 0 radical (unpaired) electrons. The van der Waals surface area contributed by atoms with Gasteiger partial charge in [-0.2, -0.15) is 0 Å². The van der Waals surface area contributed by atoms with E-state index in [0.717, 1.165) is 55.7 Å². The Kier molecular flexibility index (Phi) is 4.88. The van der Waals surface area contributed by atoms with Crippen molar-refractivity contribution in [3.8, 4) is 11.5 Å². The zero-order valence-electron chi connectivity index (χ0n) is 22.9. The standard InChI is InChI=1S/C32H41NO4/c1-28(2,3)29(4,34)23-18-30-13-14-32(23,35-5)27-31(30)15-16-33-24(30)17-21-11-12-22(26(37-27)25(21)31)36-19-20-9-7-6-8-10-20/h6-12,23-24,27,33-34H,13-19H2,1-5H3/t23-,24-,27-,29+,30-,31+,32-/m1/s1. The van der Waals surface area contributed by atoms with Gasteiger partial charge in [-0.15, -0.1) is 0 Å². The molecule has 198 valence electrons. The first-order chi connectivity index (χ1) is 17.6. The SMILES string of the molecule is CO[C@]12CC[C@@]3(C[C@@H]1[C@](C)(O)C(C)(C)C)[C@H]1Cc4ccc(OCc5ccccc5)c5c4[C@@]3(CCN1)[C@H]2O5. The summed E-state index contributed by atoms with van der Waals surface area (Å²) in [6, 6.07) is 15.1. The summed E-state index contributed by atoms with van der Waals surface area (Å²) in [6.07, 6.45) is 4.87. The molecule has 5 nitrogen and oxygen atoms in total. The fourth-order valence-electron chi connectivity index (χ4n) is 9.36. The van der Waals surface area contributed by atoms with Crippen LogP contribution in [0, 0.1) is 16.7 Å². The highest BCUT2D eigenvalue weighted by molar-refractivity contribution is 5.63. The van der Waals surface area contributed by atoms with Crippen LogP contribution < -0.4 is 14.8 Å². The van der Waals surface area contributed by atoms with Crippen molar-refractivity contribution in [1.29, 1.82) is 0 Å². The highest BCUT2D eigenvalue weighted by Gasteiger charge is 2.81. The molecule has 4 fully saturated rings. The molecule has 3 saturated carbocycles. The lowest BCUT2D eigenvalue weighted by Gasteiger charge is -2.74. The number of fused-ring (bicyclic) bond motifs is 2. The van der Waals surface area contributed by atoms with E-state index < -0.39 is 11.2 Å². The molecule has 7 atom stereocenters. The number of aliphatic hydroxyl groups is 1. The molecule has 0 aromatic heterocycles. The summed E-state index contributed by atoms with van der Waals surface area (Å²) in [5.74, 6) is 1.75. The van der Waals surface area contributed by atoms with Gasteiger partial charge in [0.05, 0.1) is 5.60 Å². The largest absolute Gasteiger partial charge is 0.485 e. The van der Waals surface area contributed by atoms with Crippen LogP contribution in [0.25, 0.3) is 0 Å². The van der Waals surface area contributed by atoms with E-state index in [9.17, 15) is 5.11 Å². The van der Waals surface area contributed by atoms with E-state index in [-0.39, 0.29) is 28.3 Å². The molecule has 37 heavy (non-hydrogen) atoms. The quantitative estimate of drug-likeness (QED) is 0.590. The summed E-state index contributed by atoms with van der Waals surface area (Å²) < 4.78 is 20.3. The minimum absolute atomic E-state index is 0.0242. The van der Waals surface area contributed by atoms with Gasteiger partial charge in [0, 0.05) is 35.5 Å². The Hall–Kier alpha value is -2.08. The summed E-state index contributed by atoms with van der Waals surface area (Å²) in [7, 11) is 1.85. The lowest BCUT2D eigenvalue weighted by molar-refractivity contribution is -0.303. The minimum Gasteiger partial charge on any atom is -0.485 e.